The average molecular weight is 380 g/mol. The molecule has 1 aliphatic rings. The van der Waals surface area contributed by atoms with Gasteiger partial charge in [0, 0.05) is 10.6 Å². The van der Waals surface area contributed by atoms with Gasteiger partial charge in [-0.15, -0.1) is 0 Å². The number of quaternary nitrogens is 1. The first-order valence-electron chi connectivity index (χ1n) is 8.66. The van der Waals surface area contributed by atoms with Gasteiger partial charge in [-0.1, -0.05) is 42.8 Å². The van der Waals surface area contributed by atoms with E-state index >= 15 is 0 Å². The maximum Gasteiger partial charge on any atom is 0.243 e. The Balaban J connectivity index is 1.60. The van der Waals surface area contributed by atoms with Crippen LogP contribution in [0.5, 0.6) is 0 Å². The van der Waals surface area contributed by atoms with Crippen LogP contribution in [0, 0.1) is 0 Å². The van der Waals surface area contributed by atoms with Crippen molar-refractivity contribution in [3.63, 3.8) is 0 Å². The van der Waals surface area contributed by atoms with Crippen molar-refractivity contribution in [2.24, 2.45) is 0 Å². The van der Waals surface area contributed by atoms with Gasteiger partial charge in [0.1, 0.15) is 6.54 Å². The minimum atomic E-state index is -3.42. The van der Waals surface area contributed by atoms with Crippen LogP contribution < -0.4 is 4.90 Å². The highest BCUT2D eigenvalue weighted by molar-refractivity contribution is 7.89. The second-order valence-electron chi connectivity index (χ2n) is 6.45. The van der Waals surface area contributed by atoms with Crippen molar-refractivity contribution < 1.29 is 13.3 Å². The minimum Gasteiger partial charge on any atom is -0.329 e. The SMILES string of the molecule is CCc1ccc(C[NH+]2CCN(S(=O)(=O)c3ccc(Cl)cc3)CC2)cc1. The molecule has 0 aromatic heterocycles. The predicted octanol–water partition coefficient (Wildman–Crippen LogP) is 1.99. The summed E-state index contributed by atoms with van der Waals surface area (Å²) in [5.74, 6) is 0. The Morgan fingerprint density at radius 1 is 0.960 bits per heavy atom. The van der Waals surface area contributed by atoms with Gasteiger partial charge in [-0.05, 0) is 36.2 Å². The van der Waals surface area contributed by atoms with Gasteiger partial charge in [0.25, 0.3) is 0 Å². The summed E-state index contributed by atoms with van der Waals surface area (Å²) in [6.07, 6.45) is 1.05. The Morgan fingerprint density at radius 2 is 1.52 bits per heavy atom. The highest BCUT2D eigenvalue weighted by Crippen LogP contribution is 2.18. The lowest BCUT2D eigenvalue weighted by Gasteiger charge is -2.31. The molecule has 0 amide bonds. The molecule has 2 aromatic carbocycles. The molecule has 1 saturated heterocycles. The van der Waals surface area contributed by atoms with Gasteiger partial charge < -0.3 is 4.90 Å². The number of benzene rings is 2. The molecule has 4 nitrogen and oxygen atoms in total. The Labute approximate surface area is 155 Å². The van der Waals surface area contributed by atoms with Gasteiger partial charge in [0.2, 0.25) is 10.0 Å². The summed E-state index contributed by atoms with van der Waals surface area (Å²) in [6, 6.07) is 15.1. The number of halogens is 1. The van der Waals surface area contributed by atoms with E-state index in [-0.39, 0.29) is 0 Å². The highest BCUT2D eigenvalue weighted by Gasteiger charge is 2.30. The Hall–Kier alpha value is -1.40. The van der Waals surface area contributed by atoms with Crippen LogP contribution in [0.4, 0.5) is 0 Å². The van der Waals surface area contributed by atoms with Gasteiger partial charge in [0.15, 0.2) is 0 Å². The number of piperazine rings is 1. The third-order valence-electron chi connectivity index (χ3n) is 4.77. The van der Waals surface area contributed by atoms with Crippen LogP contribution >= 0.6 is 11.6 Å². The van der Waals surface area contributed by atoms with Crippen LogP contribution in [-0.2, 0) is 23.0 Å². The molecule has 2 aromatic rings. The summed E-state index contributed by atoms with van der Waals surface area (Å²) in [4.78, 5) is 1.74. The zero-order valence-electron chi connectivity index (χ0n) is 14.4. The summed E-state index contributed by atoms with van der Waals surface area (Å²) < 4.78 is 27.0. The Kier molecular flexibility index (Phi) is 5.79. The first-order valence-corrected chi connectivity index (χ1v) is 10.5. The second-order valence-corrected chi connectivity index (χ2v) is 8.83. The van der Waals surface area contributed by atoms with Crippen molar-refractivity contribution in [1.82, 2.24) is 4.31 Å². The molecular weight excluding hydrogens is 356 g/mol. The van der Waals surface area contributed by atoms with Crippen molar-refractivity contribution in [2.75, 3.05) is 26.2 Å². The first-order chi connectivity index (χ1) is 12.0. The van der Waals surface area contributed by atoms with Crippen LogP contribution in [0.2, 0.25) is 5.02 Å². The molecule has 0 atom stereocenters. The molecule has 1 fully saturated rings. The maximum atomic E-state index is 12.7. The number of rotatable bonds is 5. The van der Waals surface area contributed by atoms with Gasteiger partial charge in [-0.25, -0.2) is 8.42 Å². The summed E-state index contributed by atoms with van der Waals surface area (Å²) in [6.45, 7) is 5.84. The normalized spacial score (nSPS) is 16.9. The first kappa shape index (κ1) is 18.4. The second kappa shape index (κ2) is 7.87. The third-order valence-corrected chi connectivity index (χ3v) is 6.93. The lowest BCUT2D eigenvalue weighted by atomic mass is 10.1. The average Bonchev–Trinajstić information content (AvgIpc) is 2.63. The molecule has 0 radical (unpaired) electrons. The molecule has 1 N–H and O–H groups in total. The van der Waals surface area contributed by atoms with E-state index in [0.717, 1.165) is 26.1 Å². The van der Waals surface area contributed by atoms with E-state index in [2.05, 4.69) is 31.2 Å². The number of nitrogens with one attached hydrogen (secondary N) is 1. The maximum absolute atomic E-state index is 12.7. The Bertz CT molecular complexity index is 796. The Morgan fingerprint density at radius 3 is 2.08 bits per heavy atom. The molecule has 0 saturated carbocycles. The van der Waals surface area contributed by atoms with Gasteiger partial charge in [-0.2, -0.15) is 4.31 Å². The van der Waals surface area contributed by atoms with E-state index in [9.17, 15) is 8.42 Å². The largest absolute Gasteiger partial charge is 0.329 e. The predicted molar refractivity (Wildman–Crippen MR) is 100 cm³/mol. The highest BCUT2D eigenvalue weighted by atomic mass is 35.5. The summed E-state index contributed by atoms with van der Waals surface area (Å²) in [5, 5.41) is 0.544. The van der Waals surface area contributed by atoms with Gasteiger partial charge in [-0.3, -0.25) is 0 Å². The third kappa shape index (κ3) is 4.42. The molecule has 0 spiro atoms. The number of sulfonamides is 1. The fourth-order valence-corrected chi connectivity index (χ4v) is 4.72. The van der Waals surface area contributed by atoms with Crippen LogP contribution in [0.1, 0.15) is 18.1 Å². The molecular formula is C19H24ClN2O2S+. The standard InChI is InChI=1S/C19H23ClN2O2S/c1-2-16-3-5-17(6-4-16)15-21-11-13-22(14-12-21)25(23,24)19-9-7-18(20)8-10-19/h3-10H,2,11-15H2,1H3/p+1. The number of hydrogen-bond donors (Lipinski definition) is 1. The number of nitrogens with zero attached hydrogens (tertiary/aromatic N) is 1. The smallest absolute Gasteiger partial charge is 0.243 e. The quantitative estimate of drug-likeness (QED) is 0.863. The van der Waals surface area contributed by atoms with E-state index in [1.54, 1.807) is 28.6 Å². The van der Waals surface area contributed by atoms with Crippen LogP contribution in [0.15, 0.2) is 53.4 Å². The minimum absolute atomic E-state index is 0.315. The summed E-state index contributed by atoms with van der Waals surface area (Å²) >= 11 is 5.85. The monoisotopic (exact) mass is 379 g/mol. The van der Waals surface area contributed by atoms with E-state index in [1.807, 2.05) is 0 Å². The van der Waals surface area contributed by atoms with Gasteiger partial charge in [0.05, 0.1) is 31.1 Å². The van der Waals surface area contributed by atoms with Crippen LogP contribution in [0.25, 0.3) is 0 Å². The molecule has 1 aliphatic heterocycles. The van der Waals surface area contributed by atoms with Crippen molar-refractivity contribution in [1.29, 1.82) is 0 Å². The van der Waals surface area contributed by atoms with E-state index < -0.39 is 10.0 Å². The number of aryl methyl sites for hydroxylation is 1. The molecule has 0 unspecified atom stereocenters. The zero-order valence-corrected chi connectivity index (χ0v) is 16.0. The fraction of sp³-hybridized carbons (Fsp3) is 0.368. The summed E-state index contributed by atoms with van der Waals surface area (Å²) in [5.41, 5.74) is 2.65. The van der Waals surface area contributed by atoms with Crippen LogP contribution in [-0.4, -0.2) is 38.9 Å². The van der Waals surface area contributed by atoms with Crippen molar-refractivity contribution >= 4 is 21.6 Å². The van der Waals surface area contributed by atoms with Crippen molar-refractivity contribution in [3.05, 3.63) is 64.7 Å². The lowest BCUT2D eigenvalue weighted by Crippen LogP contribution is -3.13. The zero-order chi connectivity index (χ0) is 17.9. The van der Waals surface area contributed by atoms with E-state index in [1.165, 1.54) is 16.0 Å². The van der Waals surface area contributed by atoms with E-state index in [0.29, 0.717) is 23.0 Å². The van der Waals surface area contributed by atoms with Crippen molar-refractivity contribution in [2.45, 2.75) is 24.8 Å². The molecule has 134 valence electrons. The van der Waals surface area contributed by atoms with Gasteiger partial charge >= 0.3 is 0 Å². The van der Waals surface area contributed by atoms with Crippen LogP contribution in [0.3, 0.4) is 0 Å². The van der Waals surface area contributed by atoms with Crippen molar-refractivity contribution in [3.8, 4) is 0 Å². The number of hydrogen-bond acceptors (Lipinski definition) is 2. The lowest BCUT2D eigenvalue weighted by molar-refractivity contribution is -0.917. The topological polar surface area (TPSA) is 41.8 Å². The molecule has 6 heteroatoms. The molecule has 0 aliphatic carbocycles. The fourth-order valence-electron chi connectivity index (χ4n) is 3.16. The molecule has 0 bridgehead atoms. The van der Waals surface area contributed by atoms with E-state index in [4.69, 9.17) is 11.6 Å². The molecule has 3 rings (SSSR count). The summed E-state index contributed by atoms with van der Waals surface area (Å²) in [7, 11) is -3.42. The molecule has 25 heavy (non-hydrogen) atoms. The molecule has 1 heterocycles.